The van der Waals surface area contributed by atoms with Crippen molar-refractivity contribution in [3.05, 3.63) is 29.3 Å². The number of nitrogens with two attached hydrogens (primary N) is 2. The second kappa shape index (κ2) is 4.62. The van der Waals surface area contributed by atoms with Crippen LogP contribution in [0.3, 0.4) is 0 Å². The van der Waals surface area contributed by atoms with Crippen LogP contribution in [0.15, 0.2) is 18.2 Å². The summed E-state index contributed by atoms with van der Waals surface area (Å²) in [6.07, 6.45) is -4.94. The highest BCUT2D eigenvalue weighted by atomic mass is 19.4. The maximum absolute atomic E-state index is 12.5. The number of primary amides is 1. The largest absolute Gasteiger partial charge is 0.507 e. The number of rotatable bonds is 3. The highest BCUT2D eigenvalue weighted by Crippen LogP contribution is 2.37. The summed E-state index contributed by atoms with van der Waals surface area (Å²) in [5.74, 6) is -1.59. The summed E-state index contributed by atoms with van der Waals surface area (Å²) >= 11 is 0. The van der Waals surface area contributed by atoms with Gasteiger partial charge in [0.25, 0.3) is 0 Å². The highest BCUT2D eigenvalue weighted by Gasteiger charge is 2.34. The highest BCUT2D eigenvalue weighted by molar-refractivity contribution is 5.74. The lowest BCUT2D eigenvalue weighted by Crippen LogP contribution is -2.21. The van der Waals surface area contributed by atoms with E-state index in [2.05, 4.69) is 0 Å². The van der Waals surface area contributed by atoms with Gasteiger partial charge in [0.15, 0.2) is 0 Å². The van der Waals surface area contributed by atoms with Gasteiger partial charge in [0.1, 0.15) is 5.75 Å². The van der Waals surface area contributed by atoms with E-state index in [1.54, 1.807) is 0 Å². The van der Waals surface area contributed by atoms with Gasteiger partial charge in [0.2, 0.25) is 5.91 Å². The average molecular weight is 248 g/mol. The molecule has 0 aliphatic heterocycles. The number of phenolic OH excluding ortho intramolecular Hbond substituents is 1. The molecule has 5 N–H and O–H groups in total. The van der Waals surface area contributed by atoms with E-state index in [9.17, 15) is 18.0 Å². The molecule has 17 heavy (non-hydrogen) atoms. The zero-order valence-electron chi connectivity index (χ0n) is 8.66. The molecule has 0 heterocycles. The lowest BCUT2D eigenvalue weighted by molar-refractivity contribution is -0.138. The van der Waals surface area contributed by atoms with Crippen molar-refractivity contribution < 1.29 is 23.1 Å². The number of hydrogen-bond acceptors (Lipinski definition) is 3. The zero-order valence-corrected chi connectivity index (χ0v) is 8.66. The first kappa shape index (κ1) is 13.3. The number of hydrogen-bond donors (Lipinski definition) is 3. The number of carbonyl (C=O) groups is 1. The number of carbonyl (C=O) groups excluding carboxylic acids is 1. The molecule has 0 bridgehead atoms. The van der Waals surface area contributed by atoms with Crippen LogP contribution in [0.5, 0.6) is 5.75 Å². The van der Waals surface area contributed by atoms with Crippen LogP contribution in [0.4, 0.5) is 13.2 Å². The lowest BCUT2D eigenvalue weighted by atomic mass is 10.0. The number of benzene rings is 1. The molecular formula is C10H11F3N2O2. The number of phenols is 1. The summed E-state index contributed by atoms with van der Waals surface area (Å²) in [7, 11) is 0. The van der Waals surface area contributed by atoms with Crippen molar-refractivity contribution in [3.63, 3.8) is 0 Å². The SMILES string of the molecule is NC(=O)CC(N)c1ccc(O)c(C(F)(F)F)c1. The van der Waals surface area contributed by atoms with E-state index in [0.717, 1.165) is 6.07 Å². The average Bonchev–Trinajstić information content (AvgIpc) is 2.15. The fourth-order valence-electron chi connectivity index (χ4n) is 1.35. The molecular weight excluding hydrogens is 237 g/mol. The van der Waals surface area contributed by atoms with Crippen molar-refractivity contribution >= 4 is 5.91 Å². The maximum Gasteiger partial charge on any atom is 0.419 e. The minimum Gasteiger partial charge on any atom is -0.507 e. The Morgan fingerprint density at radius 3 is 2.47 bits per heavy atom. The number of halogens is 3. The molecule has 1 rings (SSSR count). The first-order chi connectivity index (χ1) is 7.71. The summed E-state index contributed by atoms with van der Waals surface area (Å²) in [6.45, 7) is 0. The van der Waals surface area contributed by atoms with Gasteiger partial charge < -0.3 is 16.6 Å². The number of alkyl halides is 3. The molecule has 0 aromatic heterocycles. The summed E-state index contributed by atoms with van der Waals surface area (Å²) < 4.78 is 37.4. The Labute approximate surface area is 95.0 Å². The molecule has 0 saturated carbocycles. The summed E-state index contributed by atoms with van der Waals surface area (Å²) in [5.41, 5.74) is 9.31. The van der Waals surface area contributed by atoms with E-state index in [1.165, 1.54) is 6.07 Å². The Kier molecular flexibility index (Phi) is 3.62. The van der Waals surface area contributed by atoms with Crippen molar-refractivity contribution in [1.29, 1.82) is 0 Å². The van der Waals surface area contributed by atoms with E-state index in [-0.39, 0.29) is 12.0 Å². The molecule has 0 aliphatic carbocycles. The molecule has 1 unspecified atom stereocenters. The topological polar surface area (TPSA) is 89.3 Å². The third kappa shape index (κ3) is 3.35. The minimum absolute atomic E-state index is 0.0916. The lowest BCUT2D eigenvalue weighted by Gasteiger charge is -2.14. The predicted octanol–water partition coefficient (Wildman–Crippen LogP) is 1.29. The molecule has 7 heteroatoms. The van der Waals surface area contributed by atoms with Crippen molar-refractivity contribution in [2.75, 3.05) is 0 Å². The van der Waals surface area contributed by atoms with Crippen LogP contribution < -0.4 is 11.5 Å². The van der Waals surface area contributed by atoms with Crippen LogP contribution in [0, 0.1) is 0 Å². The first-order valence-electron chi connectivity index (χ1n) is 4.66. The van der Waals surface area contributed by atoms with E-state index in [0.29, 0.717) is 6.07 Å². The van der Waals surface area contributed by atoms with Gasteiger partial charge in [0.05, 0.1) is 5.56 Å². The quantitative estimate of drug-likeness (QED) is 0.752. The molecule has 1 amide bonds. The molecule has 0 saturated heterocycles. The molecule has 0 aliphatic rings. The molecule has 0 spiro atoms. The number of amides is 1. The molecule has 0 radical (unpaired) electrons. The summed E-state index contributed by atoms with van der Waals surface area (Å²) in [6, 6.07) is 1.90. The van der Waals surface area contributed by atoms with Crippen LogP contribution in [0.2, 0.25) is 0 Å². The molecule has 0 fully saturated rings. The van der Waals surface area contributed by atoms with Gasteiger partial charge in [-0.05, 0) is 17.7 Å². The molecule has 4 nitrogen and oxygen atoms in total. The van der Waals surface area contributed by atoms with E-state index in [1.807, 2.05) is 0 Å². The van der Waals surface area contributed by atoms with Crippen LogP contribution in [-0.4, -0.2) is 11.0 Å². The maximum atomic E-state index is 12.5. The van der Waals surface area contributed by atoms with Crippen LogP contribution in [0.1, 0.15) is 23.6 Å². The fourth-order valence-corrected chi connectivity index (χ4v) is 1.35. The van der Waals surface area contributed by atoms with E-state index < -0.39 is 29.4 Å². The standard InChI is InChI=1S/C10H11F3N2O2/c11-10(12,13)6-3-5(1-2-8(6)16)7(14)4-9(15)17/h1-3,7,16H,4,14H2,(H2,15,17). The van der Waals surface area contributed by atoms with E-state index >= 15 is 0 Å². The van der Waals surface area contributed by atoms with Crippen molar-refractivity contribution in [2.24, 2.45) is 11.5 Å². The Bertz CT molecular complexity index is 432. The third-order valence-corrected chi connectivity index (χ3v) is 2.18. The van der Waals surface area contributed by atoms with Crippen molar-refractivity contribution in [2.45, 2.75) is 18.6 Å². The van der Waals surface area contributed by atoms with Gasteiger partial charge in [-0.3, -0.25) is 4.79 Å². The molecule has 1 aromatic carbocycles. The summed E-state index contributed by atoms with van der Waals surface area (Å²) in [5, 5.41) is 9.08. The van der Waals surface area contributed by atoms with Crippen molar-refractivity contribution in [3.8, 4) is 5.75 Å². The van der Waals surface area contributed by atoms with Crippen LogP contribution >= 0.6 is 0 Å². The third-order valence-electron chi connectivity index (χ3n) is 2.18. The second-order valence-corrected chi connectivity index (χ2v) is 3.55. The molecule has 94 valence electrons. The Hall–Kier alpha value is -1.76. The van der Waals surface area contributed by atoms with Gasteiger partial charge in [0, 0.05) is 12.5 Å². The van der Waals surface area contributed by atoms with Crippen molar-refractivity contribution in [1.82, 2.24) is 0 Å². The first-order valence-corrected chi connectivity index (χ1v) is 4.66. The second-order valence-electron chi connectivity index (χ2n) is 3.55. The minimum atomic E-state index is -4.67. The number of aromatic hydroxyl groups is 1. The molecule has 1 aromatic rings. The zero-order chi connectivity index (χ0) is 13.2. The van der Waals surface area contributed by atoms with Gasteiger partial charge in [-0.1, -0.05) is 6.07 Å². The van der Waals surface area contributed by atoms with Gasteiger partial charge >= 0.3 is 6.18 Å². The molecule has 1 atom stereocenters. The fraction of sp³-hybridized carbons (Fsp3) is 0.300. The van der Waals surface area contributed by atoms with Gasteiger partial charge in [-0.2, -0.15) is 13.2 Å². The van der Waals surface area contributed by atoms with E-state index in [4.69, 9.17) is 16.6 Å². The Morgan fingerprint density at radius 1 is 1.41 bits per heavy atom. The predicted molar refractivity (Wildman–Crippen MR) is 53.8 cm³/mol. The van der Waals surface area contributed by atoms with Gasteiger partial charge in [-0.15, -0.1) is 0 Å². The summed E-state index contributed by atoms with van der Waals surface area (Å²) in [4.78, 5) is 10.6. The smallest absolute Gasteiger partial charge is 0.419 e. The normalized spacial score (nSPS) is 13.4. The Balaban J connectivity index is 3.08. The van der Waals surface area contributed by atoms with Gasteiger partial charge in [-0.25, -0.2) is 0 Å². The van der Waals surface area contributed by atoms with Crippen LogP contribution in [0.25, 0.3) is 0 Å². The van der Waals surface area contributed by atoms with Crippen LogP contribution in [-0.2, 0) is 11.0 Å². The Morgan fingerprint density at radius 2 is 2.00 bits per heavy atom. The monoisotopic (exact) mass is 248 g/mol.